The van der Waals surface area contributed by atoms with Gasteiger partial charge in [-0.05, 0) is 30.0 Å². The van der Waals surface area contributed by atoms with E-state index in [0.717, 1.165) is 23.1 Å². The van der Waals surface area contributed by atoms with Gasteiger partial charge in [-0.15, -0.1) is 6.58 Å². The van der Waals surface area contributed by atoms with E-state index in [4.69, 9.17) is 4.74 Å². The molecule has 0 amide bonds. The number of hydrogen-bond donors (Lipinski definition) is 0. The minimum absolute atomic E-state index is 0.224. The predicted octanol–water partition coefficient (Wildman–Crippen LogP) is 7.32. The second-order valence-electron chi connectivity index (χ2n) is 7.28. The van der Waals surface area contributed by atoms with Gasteiger partial charge >= 0.3 is 0 Å². The summed E-state index contributed by atoms with van der Waals surface area (Å²) >= 11 is 0. The molecule has 0 spiro atoms. The zero-order valence-corrected chi connectivity index (χ0v) is 17.7. The number of benzene rings is 3. The van der Waals surface area contributed by atoms with Gasteiger partial charge in [0, 0.05) is 5.92 Å². The van der Waals surface area contributed by atoms with Crippen molar-refractivity contribution in [2.75, 3.05) is 6.61 Å². The van der Waals surface area contributed by atoms with Crippen molar-refractivity contribution >= 4 is 0 Å². The summed E-state index contributed by atoms with van der Waals surface area (Å²) in [6, 6.07) is 31.5. The van der Waals surface area contributed by atoms with Crippen LogP contribution in [0.3, 0.4) is 0 Å². The quantitative estimate of drug-likeness (QED) is 0.199. The summed E-state index contributed by atoms with van der Waals surface area (Å²) < 4.78 is 6.87. The molecule has 1 atom stereocenters. The van der Waals surface area contributed by atoms with Gasteiger partial charge in [0.05, 0.1) is 6.61 Å². The molecule has 3 aromatic carbocycles. The van der Waals surface area contributed by atoms with Crippen LogP contribution in [0, 0.1) is 5.92 Å². The van der Waals surface area contributed by atoms with Gasteiger partial charge in [-0.25, -0.2) is 0 Å². The fourth-order valence-electron chi connectivity index (χ4n) is 3.68. The van der Waals surface area contributed by atoms with E-state index in [-0.39, 0.29) is 5.92 Å². The number of rotatable bonds is 10. The van der Waals surface area contributed by atoms with Crippen molar-refractivity contribution in [2.45, 2.75) is 18.9 Å². The van der Waals surface area contributed by atoms with Gasteiger partial charge in [-0.3, -0.25) is 0 Å². The molecule has 0 aliphatic carbocycles. The highest BCUT2D eigenvalue weighted by atomic mass is 16.5. The third-order valence-electron chi connectivity index (χ3n) is 5.27. The maximum atomic E-state index is 6.87. The molecule has 0 bridgehead atoms. The summed E-state index contributed by atoms with van der Waals surface area (Å²) in [6.45, 7) is 6.64. The van der Waals surface area contributed by atoms with Gasteiger partial charge in [0.25, 0.3) is 0 Å². The normalized spacial score (nSPS) is 13.0. The van der Waals surface area contributed by atoms with Crippen LogP contribution in [0.25, 0.3) is 0 Å². The van der Waals surface area contributed by atoms with Crippen LogP contribution in [0.4, 0.5) is 0 Å². The largest absolute Gasteiger partial charge is 0.360 e. The first-order valence-corrected chi connectivity index (χ1v) is 10.5. The van der Waals surface area contributed by atoms with Crippen molar-refractivity contribution in [3.63, 3.8) is 0 Å². The Morgan fingerprint density at radius 2 is 1.23 bits per heavy atom. The van der Waals surface area contributed by atoms with Crippen LogP contribution in [-0.4, -0.2) is 6.61 Å². The molecule has 0 aliphatic heterocycles. The van der Waals surface area contributed by atoms with Crippen molar-refractivity contribution in [1.29, 1.82) is 0 Å². The molecule has 0 unspecified atom stereocenters. The van der Waals surface area contributed by atoms with E-state index in [1.807, 2.05) is 43.4 Å². The fraction of sp³-hybridized carbons (Fsp3) is 0.172. The second-order valence-corrected chi connectivity index (χ2v) is 7.28. The Labute approximate surface area is 181 Å². The highest BCUT2D eigenvalue weighted by Crippen LogP contribution is 2.40. The minimum atomic E-state index is -0.682. The van der Waals surface area contributed by atoms with Crippen LogP contribution in [0.2, 0.25) is 0 Å². The third-order valence-corrected chi connectivity index (χ3v) is 5.27. The summed E-state index contributed by atoms with van der Waals surface area (Å²) in [5.41, 5.74) is 2.68. The van der Waals surface area contributed by atoms with Crippen LogP contribution >= 0.6 is 0 Å². The zero-order valence-electron chi connectivity index (χ0n) is 17.7. The van der Waals surface area contributed by atoms with Crippen molar-refractivity contribution < 1.29 is 4.74 Å². The third kappa shape index (κ3) is 5.06. The molecule has 0 aliphatic rings. The molecule has 0 saturated carbocycles. The maximum Gasteiger partial charge on any atom is 0.143 e. The lowest BCUT2D eigenvalue weighted by Crippen LogP contribution is -2.34. The summed E-state index contributed by atoms with van der Waals surface area (Å²) in [6.07, 6.45) is 11.2. The van der Waals surface area contributed by atoms with E-state index in [1.165, 1.54) is 0 Å². The van der Waals surface area contributed by atoms with E-state index in [2.05, 4.69) is 91.5 Å². The number of ether oxygens (including phenoxy) is 1. The first kappa shape index (κ1) is 21.5. The van der Waals surface area contributed by atoms with Crippen LogP contribution in [0.15, 0.2) is 128 Å². The highest BCUT2D eigenvalue weighted by Gasteiger charge is 2.37. The lowest BCUT2D eigenvalue weighted by molar-refractivity contribution is -0.000234. The van der Waals surface area contributed by atoms with Gasteiger partial charge in [-0.2, -0.15) is 0 Å². The Kier molecular flexibility index (Phi) is 8.00. The molecular weight excluding hydrogens is 364 g/mol. The Bertz CT molecular complexity index is 843. The van der Waals surface area contributed by atoms with E-state index >= 15 is 0 Å². The van der Waals surface area contributed by atoms with Crippen LogP contribution in [0.1, 0.15) is 30.0 Å². The van der Waals surface area contributed by atoms with Crippen LogP contribution in [-0.2, 0) is 10.3 Å². The molecule has 0 radical (unpaired) electrons. The van der Waals surface area contributed by atoms with Gasteiger partial charge in [0.2, 0.25) is 0 Å². The molecule has 1 nitrogen and oxygen atoms in total. The molecule has 30 heavy (non-hydrogen) atoms. The lowest BCUT2D eigenvalue weighted by Gasteiger charge is -2.36. The summed E-state index contributed by atoms with van der Waals surface area (Å²) in [4.78, 5) is 0. The van der Waals surface area contributed by atoms with Gasteiger partial charge in [0.1, 0.15) is 5.60 Å². The monoisotopic (exact) mass is 394 g/mol. The minimum Gasteiger partial charge on any atom is -0.360 e. The standard InChI is InChI=1S/C29H30O/c1-3-5-6-10-17-25(4-2)24-30-29(26-18-11-7-12-19-26,27-20-13-8-14-21-27)28-22-15-9-16-23-28/h3-16,18-23,25H,2,17,24H2,1H3/b5-3+,10-6+/t25-/m1/s1. The molecule has 0 heterocycles. The Morgan fingerprint density at radius 3 is 1.63 bits per heavy atom. The smallest absolute Gasteiger partial charge is 0.143 e. The Morgan fingerprint density at radius 1 is 0.767 bits per heavy atom. The van der Waals surface area contributed by atoms with Crippen molar-refractivity contribution in [3.8, 4) is 0 Å². The molecule has 0 aromatic heterocycles. The molecule has 1 heteroatoms. The molecule has 0 N–H and O–H groups in total. The summed E-state index contributed by atoms with van der Waals surface area (Å²) in [5.74, 6) is 0.224. The SMILES string of the molecule is C=C[C@H](C/C=C/C=C/C)COC(c1ccccc1)(c1ccccc1)c1ccccc1. The summed E-state index contributed by atoms with van der Waals surface area (Å²) in [7, 11) is 0. The van der Waals surface area contributed by atoms with Crippen molar-refractivity contribution in [3.05, 3.63) is 145 Å². The number of allylic oxidation sites excluding steroid dienone is 4. The molecule has 3 rings (SSSR count). The predicted molar refractivity (Wildman–Crippen MR) is 127 cm³/mol. The molecule has 0 fully saturated rings. The van der Waals surface area contributed by atoms with E-state index in [9.17, 15) is 0 Å². The average Bonchev–Trinajstić information content (AvgIpc) is 2.83. The van der Waals surface area contributed by atoms with Gasteiger partial charge in [-0.1, -0.05) is 121 Å². The molecule has 0 saturated heterocycles. The fourth-order valence-corrected chi connectivity index (χ4v) is 3.68. The first-order chi connectivity index (χ1) is 14.8. The van der Waals surface area contributed by atoms with Gasteiger partial charge < -0.3 is 4.74 Å². The van der Waals surface area contributed by atoms with E-state index in [0.29, 0.717) is 6.61 Å². The second kappa shape index (κ2) is 11.1. The van der Waals surface area contributed by atoms with Crippen LogP contribution < -0.4 is 0 Å². The lowest BCUT2D eigenvalue weighted by atomic mass is 9.80. The molecule has 3 aromatic rings. The average molecular weight is 395 g/mol. The first-order valence-electron chi connectivity index (χ1n) is 10.5. The maximum absolute atomic E-state index is 6.87. The zero-order chi connectivity index (χ0) is 21.1. The Hall–Kier alpha value is -3.16. The van der Waals surface area contributed by atoms with Gasteiger partial charge in [0.15, 0.2) is 0 Å². The highest BCUT2D eigenvalue weighted by molar-refractivity contribution is 5.47. The summed E-state index contributed by atoms with van der Waals surface area (Å²) in [5, 5.41) is 0. The topological polar surface area (TPSA) is 9.23 Å². The molecular formula is C29H30O. The number of hydrogen-bond acceptors (Lipinski definition) is 1. The van der Waals surface area contributed by atoms with Crippen LogP contribution in [0.5, 0.6) is 0 Å². The van der Waals surface area contributed by atoms with Crippen molar-refractivity contribution in [2.24, 2.45) is 5.92 Å². The van der Waals surface area contributed by atoms with Crippen molar-refractivity contribution in [1.82, 2.24) is 0 Å². The van der Waals surface area contributed by atoms with E-state index < -0.39 is 5.60 Å². The molecule has 152 valence electrons. The Balaban J connectivity index is 2.04. The van der Waals surface area contributed by atoms with E-state index in [1.54, 1.807) is 0 Å².